The molecule has 94 valence electrons. The van der Waals surface area contributed by atoms with E-state index < -0.39 is 4.92 Å². The van der Waals surface area contributed by atoms with Gasteiger partial charge in [-0.15, -0.1) is 11.3 Å². The number of rotatable bonds is 4. The van der Waals surface area contributed by atoms with Crippen molar-refractivity contribution < 1.29 is 4.92 Å². The van der Waals surface area contributed by atoms with Gasteiger partial charge in [-0.25, -0.2) is 0 Å². The summed E-state index contributed by atoms with van der Waals surface area (Å²) in [5.41, 5.74) is 0.543. The number of nitro benzene ring substituents is 1. The van der Waals surface area contributed by atoms with Crippen LogP contribution in [0.5, 0.6) is 0 Å². The SMILES string of the molecule is O=[N+]([O-])c1cc(NCc2cc(Cl)cs2)ccc1Cl. The third-order valence-electron chi connectivity index (χ3n) is 2.23. The molecule has 0 saturated heterocycles. The lowest BCUT2D eigenvalue weighted by molar-refractivity contribution is -0.384. The molecular weight excluding hydrogens is 295 g/mol. The highest BCUT2D eigenvalue weighted by molar-refractivity contribution is 7.10. The molecule has 2 rings (SSSR count). The van der Waals surface area contributed by atoms with Crippen molar-refractivity contribution in [3.8, 4) is 0 Å². The molecule has 0 bridgehead atoms. The number of benzene rings is 1. The van der Waals surface area contributed by atoms with Gasteiger partial charge in [0.15, 0.2) is 0 Å². The van der Waals surface area contributed by atoms with E-state index in [1.54, 1.807) is 6.07 Å². The first kappa shape index (κ1) is 13.1. The monoisotopic (exact) mass is 302 g/mol. The van der Waals surface area contributed by atoms with Crippen LogP contribution >= 0.6 is 34.5 Å². The molecule has 0 aliphatic rings. The lowest BCUT2D eigenvalue weighted by Crippen LogP contribution is -1.98. The molecule has 0 spiro atoms. The average molecular weight is 303 g/mol. The Morgan fingerprint density at radius 3 is 2.72 bits per heavy atom. The topological polar surface area (TPSA) is 55.2 Å². The number of thiophene rings is 1. The van der Waals surface area contributed by atoms with E-state index in [9.17, 15) is 10.1 Å². The van der Waals surface area contributed by atoms with Crippen molar-refractivity contribution >= 4 is 45.9 Å². The zero-order chi connectivity index (χ0) is 13.1. The van der Waals surface area contributed by atoms with E-state index in [0.29, 0.717) is 17.3 Å². The van der Waals surface area contributed by atoms with Gasteiger partial charge in [-0.1, -0.05) is 23.2 Å². The molecule has 1 N–H and O–H groups in total. The molecule has 1 heterocycles. The second-order valence-electron chi connectivity index (χ2n) is 3.51. The minimum absolute atomic E-state index is 0.106. The van der Waals surface area contributed by atoms with Gasteiger partial charge >= 0.3 is 0 Å². The number of anilines is 1. The first-order chi connectivity index (χ1) is 8.56. The van der Waals surface area contributed by atoms with Crippen LogP contribution < -0.4 is 5.32 Å². The van der Waals surface area contributed by atoms with Crippen LogP contribution in [0.25, 0.3) is 0 Å². The molecule has 0 aliphatic carbocycles. The van der Waals surface area contributed by atoms with Gasteiger partial charge in [0.05, 0.1) is 9.95 Å². The minimum atomic E-state index is -0.504. The second-order valence-corrected chi connectivity index (χ2v) is 5.35. The molecule has 0 radical (unpaired) electrons. The summed E-state index contributed by atoms with van der Waals surface area (Å²) in [5, 5.41) is 16.5. The van der Waals surface area contributed by atoms with Gasteiger partial charge in [0.1, 0.15) is 5.02 Å². The maximum Gasteiger partial charge on any atom is 0.289 e. The van der Waals surface area contributed by atoms with Crippen molar-refractivity contribution in [3.05, 3.63) is 54.7 Å². The summed E-state index contributed by atoms with van der Waals surface area (Å²) in [4.78, 5) is 11.3. The van der Waals surface area contributed by atoms with Crippen molar-refractivity contribution in [2.24, 2.45) is 0 Å². The summed E-state index contributed by atoms with van der Waals surface area (Å²) in [5.74, 6) is 0. The van der Waals surface area contributed by atoms with Crippen molar-refractivity contribution in [3.63, 3.8) is 0 Å². The maximum absolute atomic E-state index is 10.7. The summed E-state index contributed by atoms with van der Waals surface area (Å²) >= 11 is 13.1. The van der Waals surface area contributed by atoms with Crippen LogP contribution in [0.4, 0.5) is 11.4 Å². The average Bonchev–Trinajstić information content (AvgIpc) is 2.74. The predicted molar refractivity (Wildman–Crippen MR) is 74.8 cm³/mol. The molecule has 0 fully saturated rings. The van der Waals surface area contributed by atoms with E-state index in [2.05, 4.69) is 5.32 Å². The Balaban J connectivity index is 2.10. The summed E-state index contributed by atoms with van der Waals surface area (Å²) in [6.07, 6.45) is 0. The zero-order valence-corrected chi connectivity index (χ0v) is 11.4. The first-order valence-corrected chi connectivity index (χ1v) is 6.60. The largest absolute Gasteiger partial charge is 0.380 e. The number of hydrogen-bond acceptors (Lipinski definition) is 4. The molecule has 4 nitrogen and oxygen atoms in total. The number of halogens is 2. The summed E-state index contributed by atoms with van der Waals surface area (Å²) < 4.78 is 0. The van der Waals surface area contributed by atoms with E-state index in [1.165, 1.54) is 23.5 Å². The van der Waals surface area contributed by atoms with Crippen LogP contribution in [-0.4, -0.2) is 4.92 Å². The van der Waals surface area contributed by atoms with E-state index in [4.69, 9.17) is 23.2 Å². The van der Waals surface area contributed by atoms with Crippen LogP contribution in [0, 0.1) is 10.1 Å². The number of nitrogens with one attached hydrogen (secondary N) is 1. The van der Waals surface area contributed by atoms with Crippen molar-refractivity contribution in [2.45, 2.75) is 6.54 Å². The molecule has 1 aromatic heterocycles. The predicted octanol–water partition coefficient (Wildman–Crippen LogP) is 4.58. The standard InChI is InChI=1S/C11H8Cl2N2O2S/c12-7-3-9(18-6-7)5-14-8-1-2-10(13)11(4-8)15(16)17/h1-4,6,14H,5H2. The maximum atomic E-state index is 10.7. The molecule has 0 aliphatic heterocycles. The van der Waals surface area contributed by atoms with Crippen LogP contribution in [-0.2, 0) is 6.54 Å². The third-order valence-corrected chi connectivity index (χ3v) is 3.84. The Hall–Kier alpha value is -1.30. The Kier molecular flexibility index (Phi) is 4.06. The van der Waals surface area contributed by atoms with Gasteiger partial charge in [0, 0.05) is 28.6 Å². The molecule has 18 heavy (non-hydrogen) atoms. The molecule has 0 unspecified atom stereocenters. The van der Waals surface area contributed by atoms with Gasteiger partial charge in [-0.05, 0) is 18.2 Å². The normalized spacial score (nSPS) is 10.3. The molecule has 2 aromatic rings. The van der Waals surface area contributed by atoms with Crippen LogP contribution in [0.1, 0.15) is 4.88 Å². The smallest absolute Gasteiger partial charge is 0.289 e. The first-order valence-electron chi connectivity index (χ1n) is 4.97. The fourth-order valence-corrected chi connectivity index (χ4v) is 2.60. The van der Waals surface area contributed by atoms with Crippen molar-refractivity contribution in [2.75, 3.05) is 5.32 Å². The molecule has 0 atom stereocenters. The van der Waals surface area contributed by atoms with E-state index >= 15 is 0 Å². The molecular formula is C11H8Cl2N2O2S. The lowest BCUT2D eigenvalue weighted by Gasteiger charge is -2.05. The molecule has 0 amide bonds. The highest BCUT2D eigenvalue weighted by Crippen LogP contribution is 2.28. The minimum Gasteiger partial charge on any atom is -0.380 e. The van der Waals surface area contributed by atoms with Gasteiger partial charge in [-0.2, -0.15) is 0 Å². The fourth-order valence-electron chi connectivity index (χ4n) is 1.40. The quantitative estimate of drug-likeness (QED) is 0.664. The lowest BCUT2D eigenvalue weighted by atomic mass is 10.2. The third kappa shape index (κ3) is 3.13. The fraction of sp³-hybridized carbons (Fsp3) is 0.0909. The summed E-state index contributed by atoms with van der Waals surface area (Å²) in [6, 6.07) is 6.47. The molecule has 1 aromatic carbocycles. The Morgan fingerprint density at radius 1 is 1.33 bits per heavy atom. The Labute approximate surface area is 117 Å². The van der Waals surface area contributed by atoms with Crippen molar-refractivity contribution in [1.29, 1.82) is 0 Å². The molecule has 0 saturated carbocycles. The Morgan fingerprint density at radius 2 is 2.11 bits per heavy atom. The number of hydrogen-bond donors (Lipinski definition) is 1. The van der Waals surface area contributed by atoms with E-state index in [-0.39, 0.29) is 10.7 Å². The van der Waals surface area contributed by atoms with E-state index in [0.717, 1.165) is 4.88 Å². The second kappa shape index (κ2) is 5.56. The van der Waals surface area contributed by atoms with Crippen LogP contribution in [0.2, 0.25) is 10.0 Å². The van der Waals surface area contributed by atoms with Gasteiger partial charge < -0.3 is 5.32 Å². The van der Waals surface area contributed by atoms with E-state index in [1.807, 2.05) is 11.4 Å². The number of nitrogens with zero attached hydrogens (tertiary/aromatic N) is 1. The van der Waals surface area contributed by atoms with Crippen molar-refractivity contribution in [1.82, 2.24) is 0 Å². The highest BCUT2D eigenvalue weighted by atomic mass is 35.5. The van der Waals surface area contributed by atoms with Crippen LogP contribution in [0.3, 0.4) is 0 Å². The van der Waals surface area contributed by atoms with Crippen LogP contribution in [0.15, 0.2) is 29.6 Å². The van der Waals surface area contributed by atoms with Gasteiger partial charge in [-0.3, -0.25) is 10.1 Å². The summed E-state index contributed by atoms with van der Waals surface area (Å²) in [7, 11) is 0. The van der Waals surface area contributed by atoms with Gasteiger partial charge in [0.25, 0.3) is 5.69 Å². The highest BCUT2D eigenvalue weighted by Gasteiger charge is 2.12. The Bertz CT molecular complexity index is 586. The molecule has 7 heteroatoms. The number of nitro groups is 1. The zero-order valence-electron chi connectivity index (χ0n) is 9.02. The summed E-state index contributed by atoms with van der Waals surface area (Å²) in [6.45, 7) is 0.566. The van der Waals surface area contributed by atoms with Gasteiger partial charge in [0.2, 0.25) is 0 Å².